The molecule has 1 aromatic heterocycles. The van der Waals surface area contributed by atoms with Crippen LogP contribution >= 0.6 is 0 Å². The van der Waals surface area contributed by atoms with Crippen molar-refractivity contribution >= 4 is 16.9 Å². The number of hydrogen-bond donors (Lipinski definition) is 2. The van der Waals surface area contributed by atoms with Crippen molar-refractivity contribution in [1.29, 1.82) is 0 Å². The van der Waals surface area contributed by atoms with Gasteiger partial charge in [-0.1, -0.05) is 48.5 Å². The fourth-order valence-electron chi connectivity index (χ4n) is 2.24. The van der Waals surface area contributed by atoms with Gasteiger partial charge in [-0.05, 0) is 17.7 Å². The average molecular weight is 281 g/mol. The van der Waals surface area contributed by atoms with Gasteiger partial charge in [0.05, 0.1) is 12.6 Å². The highest BCUT2D eigenvalue weighted by atomic mass is 16.3. The molecular weight excluding hydrogens is 266 g/mol. The van der Waals surface area contributed by atoms with Crippen molar-refractivity contribution in [3.05, 3.63) is 72.0 Å². The monoisotopic (exact) mass is 281 g/mol. The minimum absolute atomic E-state index is 0.171. The minimum Gasteiger partial charge on any atom is -0.451 e. The zero-order valence-electron chi connectivity index (χ0n) is 11.3. The van der Waals surface area contributed by atoms with Gasteiger partial charge in [-0.25, -0.2) is 0 Å². The van der Waals surface area contributed by atoms with E-state index in [0.29, 0.717) is 5.58 Å². The van der Waals surface area contributed by atoms with Crippen molar-refractivity contribution in [1.82, 2.24) is 5.32 Å². The Balaban J connectivity index is 1.81. The number of carbonyl (C=O) groups is 1. The molecule has 3 rings (SSSR count). The van der Waals surface area contributed by atoms with Crippen LogP contribution in [-0.4, -0.2) is 17.6 Å². The highest BCUT2D eigenvalue weighted by molar-refractivity contribution is 5.96. The molecule has 1 atom stereocenters. The van der Waals surface area contributed by atoms with Gasteiger partial charge in [0.15, 0.2) is 5.76 Å². The molecule has 0 spiro atoms. The third kappa shape index (κ3) is 2.80. The largest absolute Gasteiger partial charge is 0.451 e. The summed E-state index contributed by atoms with van der Waals surface area (Å²) in [6.07, 6.45) is 0. The second-order valence-electron chi connectivity index (χ2n) is 4.77. The van der Waals surface area contributed by atoms with E-state index in [9.17, 15) is 9.90 Å². The van der Waals surface area contributed by atoms with Crippen LogP contribution in [0.4, 0.5) is 0 Å². The number of aliphatic hydroxyl groups excluding tert-OH is 1. The first-order chi connectivity index (χ1) is 10.3. The molecule has 0 fully saturated rings. The zero-order chi connectivity index (χ0) is 14.7. The molecule has 4 nitrogen and oxygen atoms in total. The summed E-state index contributed by atoms with van der Waals surface area (Å²) in [5.74, 6) is -0.0975. The van der Waals surface area contributed by atoms with Crippen LogP contribution in [0.1, 0.15) is 22.2 Å². The van der Waals surface area contributed by atoms with Crippen LogP contribution in [0.2, 0.25) is 0 Å². The lowest BCUT2D eigenvalue weighted by Gasteiger charge is -2.15. The first-order valence-corrected chi connectivity index (χ1v) is 6.73. The molecule has 106 valence electrons. The van der Waals surface area contributed by atoms with Gasteiger partial charge in [0.1, 0.15) is 5.58 Å². The molecule has 2 N–H and O–H groups in total. The zero-order valence-corrected chi connectivity index (χ0v) is 11.3. The number of hydrogen-bond acceptors (Lipinski definition) is 3. The van der Waals surface area contributed by atoms with E-state index in [1.54, 1.807) is 6.07 Å². The number of nitrogens with one attached hydrogen (secondary N) is 1. The second-order valence-corrected chi connectivity index (χ2v) is 4.77. The Labute approximate surface area is 122 Å². The Hall–Kier alpha value is -2.59. The molecular formula is C17H15NO3. The van der Waals surface area contributed by atoms with Crippen molar-refractivity contribution in [2.75, 3.05) is 6.61 Å². The number of rotatable bonds is 4. The first kappa shape index (κ1) is 13.4. The summed E-state index contributed by atoms with van der Waals surface area (Å²) in [5.41, 5.74) is 1.52. The summed E-state index contributed by atoms with van der Waals surface area (Å²) in [5, 5.41) is 13.1. The van der Waals surface area contributed by atoms with Gasteiger partial charge in [-0.2, -0.15) is 0 Å². The Morgan fingerprint density at radius 2 is 1.81 bits per heavy atom. The number of para-hydroxylation sites is 1. The van der Waals surface area contributed by atoms with E-state index >= 15 is 0 Å². The van der Waals surface area contributed by atoms with Crippen molar-refractivity contribution < 1.29 is 14.3 Å². The highest BCUT2D eigenvalue weighted by Crippen LogP contribution is 2.20. The lowest BCUT2D eigenvalue weighted by atomic mass is 10.1. The Morgan fingerprint density at radius 1 is 1.10 bits per heavy atom. The normalized spacial score (nSPS) is 12.2. The van der Waals surface area contributed by atoms with Crippen molar-refractivity contribution in [2.45, 2.75) is 6.04 Å². The van der Waals surface area contributed by atoms with Gasteiger partial charge in [0, 0.05) is 5.39 Å². The van der Waals surface area contributed by atoms with Crippen molar-refractivity contribution in [3.63, 3.8) is 0 Å². The summed E-state index contributed by atoms with van der Waals surface area (Å²) < 4.78 is 5.52. The summed E-state index contributed by atoms with van der Waals surface area (Å²) in [6.45, 7) is -0.171. The van der Waals surface area contributed by atoms with Gasteiger partial charge in [-0.15, -0.1) is 0 Å². The van der Waals surface area contributed by atoms with E-state index in [-0.39, 0.29) is 18.3 Å². The van der Waals surface area contributed by atoms with Gasteiger partial charge in [0.25, 0.3) is 5.91 Å². The van der Waals surface area contributed by atoms with E-state index in [1.165, 1.54) is 0 Å². The summed E-state index contributed by atoms with van der Waals surface area (Å²) in [7, 11) is 0. The molecule has 3 aromatic rings. The quantitative estimate of drug-likeness (QED) is 0.773. The molecule has 0 saturated heterocycles. The standard InChI is InChI=1S/C17H15NO3/c19-11-14(12-6-2-1-3-7-12)18-17(20)16-10-13-8-4-5-9-15(13)21-16/h1-10,14,19H,11H2,(H,18,20)/t14-/m1/s1. The maximum atomic E-state index is 12.2. The fourth-order valence-corrected chi connectivity index (χ4v) is 2.24. The molecule has 1 heterocycles. The van der Waals surface area contributed by atoms with Gasteiger partial charge < -0.3 is 14.8 Å². The minimum atomic E-state index is -0.452. The van der Waals surface area contributed by atoms with Crippen LogP contribution in [0, 0.1) is 0 Å². The van der Waals surface area contributed by atoms with Crippen molar-refractivity contribution in [2.24, 2.45) is 0 Å². The Bertz CT molecular complexity index is 716. The van der Waals surface area contributed by atoms with E-state index in [1.807, 2.05) is 54.6 Å². The van der Waals surface area contributed by atoms with E-state index in [0.717, 1.165) is 10.9 Å². The average Bonchev–Trinajstić information content (AvgIpc) is 2.97. The number of furan rings is 1. The van der Waals surface area contributed by atoms with Gasteiger partial charge in [-0.3, -0.25) is 4.79 Å². The van der Waals surface area contributed by atoms with Crippen LogP contribution in [0.25, 0.3) is 11.0 Å². The maximum Gasteiger partial charge on any atom is 0.287 e. The molecule has 2 aromatic carbocycles. The predicted molar refractivity (Wildman–Crippen MR) is 79.9 cm³/mol. The number of benzene rings is 2. The highest BCUT2D eigenvalue weighted by Gasteiger charge is 2.17. The number of amides is 1. The van der Waals surface area contributed by atoms with Crippen LogP contribution in [0.15, 0.2) is 65.1 Å². The smallest absolute Gasteiger partial charge is 0.287 e. The van der Waals surface area contributed by atoms with E-state index < -0.39 is 6.04 Å². The first-order valence-electron chi connectivity index (χ1n) is 6.73. The summed E-state index contributed by atoms with van der Waals surface area (Å²) in [4.78, 5) is 12.2. The molecule has 0 bridgehead atoms. The molecule has 4 heteroatoms. The van der Waals surface area contributed by atoms with E-state index in [2.05, 4.69) is 5.32 Å². The third-order valence-electron chi connectivity index (χ3n) is 3.34. The van der Waals surface area contributed by atoms with Crippen LogP contribution in [-0.2, 0) is 0 Å². The number of carbonyl (C=O) groups excluding carboxylic acids is 1. The predicted octanol–water partition coefficient (Wildman–Crippen LogP) is 2.90. The number of fused-ring (bicyclic) bond motifs is 1. The molecule has 1 amide bonds. The molecule has 0 saturated carbocycles. The summed E-state index contributed by atoms with van der Waals surface area (Å²) in [6, 6.07) is 18.0. The summed E-state index contributed by atoms with van der Waals surface area (Å²) >= 11 is 0. The number of aliphatic hydroxyl groups is 1. The maximum absolute atomic E-state index is 12.2. The van der Waals surface area contributed by atoms with Crippen LogP contribution < -0.4 is 5.32 Å². The molecule has 0 radical (unpaired) electrons. The fraction of sp³-hybridized carbons (Fsp3) is 0.118. The molecule has 0 unspecified atom stereocenters. The molecule has 0 aliphatic heterocycles. The third-order valence-corrected chi connectivity index (χ3v) is 3.34. The molecule has 0 aliphatic rings. The Morgan fingerprint density at radius 3 is 2.52 bits per heavy atom. The topological polar surface area (TPSA) is 62.5 Å². The van der Waals surface area contributed by atoms with Crippen molar-refractivity contribution in [3.8, 4) is 0 Å². The molecule has 21 heavy (non-hydrogen) atoms. The molecule has 0 aliphatic carbocycles. The van der Waals surface area contributed by atoms with Crippen LogP contribution in [0.3, 0.4) is 0 Å². The van der Waals surface area contributed by atoms with E-state index in [4.69, 9.17) is 4.42 Å². The van der Waals surface area contributed by atoms with Crippen LogP contribution in [0.5, 0.6) is 0 Å². The lowest BCUT2D eigenvalue weighted by molar-refractivity contribution is 0.0890. The Kier molecular flexibility index (Phi) is 3.71. The lowest BCUT2D eigenvalue weighted by Crippen LogP contribution is -2.30. The van der Waals surface area contributed by atoms with Gasteiger partial charge in [0.2, 0.25) is 0 Å². The van der Waals surface area contributed by atoms with Gasteiger partial charge >= 0.3 is 0 Å². The second kappa shape index (κ2) is 5.81. The SMILES string of the molecule is O=C(N[C@H](CO)c1ccccc1)c1cc2ccccc2o1.